The number of phenols is 2. The van der Waals surface area contributed by atoms with Crippen LogP contribution in [0.4, 0.5) is 0 Å². The second-order valence-corrected chi connectivity index (χ2v) is 5.44. The fraction of sp³-hybridized carbons (Fsp3) is 0. The van der Waals surface area contributed by atoms with Crippen LogP contribution in [-0.2, 0) is 5.04 Å². The van der Waals surface area contributed by atoms with E-state index in [9.17, 15) is 0 Å². The molecule has 0 unspecified atom stereocenters. The summed E-state index contributed by atoms with van der Waals surface area (Å²) < 4.78 is 0. The summed E-state index contributed by atoms with van der Waals surface area (Å²) in [6.45, 7) is 0. The Kier molecular flexibility index (Phi) is 5.89. The topological polar surface area (TPSA) is 68.2 Å². The fourth-order valence-corrected chi connectivity index (χ4v) is 2.19. The number of hydrogen-bond acceptors (Lipinski definition) is 7. The molecule has 0 fully saturated rings. The van der Waals surface area contributed by atoms with Crippen LogP contribution in [0.5, 0.6) is 21.6 Å². The zero-order valence-corrected chi connectivity index (χ0v) is 12.3. The standard InChI is InChI=1S/C8H6O3S2.C6H6O2/c1-3-7(12-5-1)9-11-10-8-4-2-6-13-8;7-5-1-2-6(8)4-3-5/h1-6H;1-4,7-8H. The summed E-state index contributed by atoms with van der Waals surface area (Å²) in [7, 11) is 0. The molecule has 0 bridgehead atoms. The zero-order valence-electron chi connectivity index (χ0n) is 10.7. The molecular formula is C14H12O5S2. The molecule has 3 aromatic rings. The van der Waals surface area contributed by atoms with Gasteiger partial charge in [0.15, 0.2) is 0 Å². The first-order valence-electron chi connectivity index (χ1n) is 5.80. The maximum Gasteiger partial charge on any atom is 0.223 e. The van der Waals surface area contributed by atoms with Gasteiger partial charge in [-0.3, -0.25) is 9.78 Å². The fourth-order valence-electron chi connectivity index (χ4n) is 1.16. The lowest BCUT2D eigenvalue weighted by atomic mass is 10.3. The third-order valence-corrected chi connectivity index (χ3v) is 3.53. The Morgan fingerprint density at radius 2 is 1.10 bits per heavy atom. The minimum Gasteiger partial charge on any atom is -0.508 e. The van der Waals surface area contributed by atoms with Gasteiger partial charge in [-0.15, -0.1) is 22.7 Å². The number of benzene rings is 1. The molecule has 0 amide bonds. The van der Waals surface area contributed by atoms with E-state index in [1.807, 2.05) is 22.9 Å². The lowest BCUT2D eigenvalue weighted by Gasteiger charge is -1.98. The van der Waals surface area contributed by atoms with E-state index in [-0.39, 0.29) is 11.5 Å². The molecule has 2 heterocycles. The van der Waals surface area contributed by atoms with Gasteiger partial charge in [-0.05, 0) is 59.3 Å². The summed E-state index contributed by atoms with van der Waals surface area (Å²) in [5.74, 6) is 0.339. The minimum atomic E-state index is 0.169. The molecule has 21 heavy (non-hydrogen) atoms. The molecule has 0 atom stereocenters. The van der Waals surface area contributed by atoms with E-state index in [4.69, 9.17) is 20.0 Å². The van der Waals surface area contributed by atoms with Crippen molar-refractivity contribution in [1.82, 2.24) is 0 Å². The number of thiophene rings is 2. The van der Waals surface area contributed by atoms with Crippen LogP contribution in [0.3, 0.4) is 0 Å². The summed E-state index contributed by atoms with van der Waals surface area (Å²) >= 11 is 2.87. The first-order valence-corrected chi connectivity index (χ1v) is 7.56. The van der Waals surface area contributed by atoms with Gasteiger partial charge >= 0.3 is 0 Å². The van der Waals surface area contributed by atoms with E-state index < -0.39 is 0 Å². The van der Waals surface area contributed by atoms with E-state index in [2.05, 4.69) is 5.04 Å². The van der Waals surface area contributed by atoms with Crippen LogP contribution in [0, 0.1) is 0 Å². The molecule has 7 heteroatoms. The molecule has 5 nitrogen and oxygen atoms in total. The van der Waals surface area contributed by atoms with E-state index >= 15 is 0 Å². The molecule has 0 aliphatic rings. The van der Waals surface area contributed by atoms with Crippen LogP contribution in [0.15, 0.2) is 59.3 Å². The molecule has 0 radical (unpaired) electrons. The summed E-state index contributed by atoms with van der Waals surface area (Å²) in [4.78, 5) is 9.64. The van der Waals surface area contributed by atoms with Crippen molar-refractivity contribution in [3.8, 4) is 21.6 Å². The maximum atomic E-state index is 8.65. The Labute approximate surface area is 129 Å². The number of hydrogen-bond donors (Lipinski definition) is 2. The van der Waals surface area contributed by atoms with E-state index in [0.717, 1.165) is 0 Å². The largest absolute Gasteiger partial charge is 0.508 e. The SMILES string of the molecule is Oc1ccc(O)cc1.c1csc(OOOc2cccs2)c1. The highest BCUT2D eigenvalue weighted by Gasteiger charge is 1.97. The molecule has 0 saturated carbocycles. The van der Waals surface area contributed by atoms with Crippen LogP contribution >= 0.6 is 22.7 Å². The van der Waals surface area contributed by atoms with Crippen molar-refractivity contribution in [2.24, 2.45) is 0 Å². The Balaban J connectivity index is 0.000000173. The summed E-state index contributed by atoms with van der Waals surface area (Å²) in [6, 6.07) is 13.0. The Morgan fingerprint density at radius 1 is 0.667 bits per heavy atom. The molecule has 3 rings (SSSR count). The van der Waals surface area contributed by atoms with Crippen LogP contribution in [0.1, 0.15) is 0 Å². The number of aromatic hydroxyl groups is 2. The first-order chi connectivity index (χ1) is 10.2. The Bertz CT molecular complexity index is 550. The smallest absolute Gasteiger partial charge is 0.223 e. The molecule has 0 spiro atoms. The maximum absolute atomic E-state index is 8.65. The third-order valence-electron chi connectivity index (χ3n) is 2.07. The highest BCUT2D eigenvalue weighted by molar-refractivity contribution is 7.12. The van der Waals surface area contributed by atoms with Gasteiger partial charge in [-0.1, -0.05) is 0 Å². The van der Waals surface area contributed by atoms with Gasteiger partial charge in [-0.25, -0.2) is 0 Å². The van der Waals surface area contributed by atoms with Gasteiger partial charge in [0.1, 0.15) is 11.5 Å². The van der Waals surface area contributed by atoms with Crippen molar-refractivity contribution in [2.45, 2.75) is 0 Å². The summed E-state index contributed by atoms with van der Waals surface area (Å²) in [5.41, 5.74) is 0. The van der Waals surface area contributed by atoms with Crippen LogP contribution < -0.4 is 9.78 Å². The predicted octanol–water partition coefficient (Wildman–Crippen LogP) is 4.21. The van der Waals surface area contributed by atoms with Crippen molar-refractivity contribution in [2.75, 3.05) is 0 Å². The van der Waals surface area contributed by atoms with E-state index in [1.54, 1.807) is 12.1 Å². The number of phenolic OH excluding ortho intramolecular Hbond substituents is 2. The molecule has 0 aliphatic heterocycles. The molecule has 0 saturated heterocycles. The van der Waals surface area contributed by atoms with Gasteiger partial charge in [-0.2, -0.15) is 0 Å². The molecule has 110 valence electrons. The Morgan fingerprint density at radius 3 is 1.43 bits per heavy atom. The van der Waals surface area contributed by atoms with Gasteiger partial charge in [0.2, 0.25) is 10.1 Å². The second kappa shape index (κ2) is 8.15. The van der Waals surface area contributed by atoms with Crippen LogP contribution in [0.2, 0.25) is 0 Å². The second-order valence-electron chi connectivity index (χ2n) is 3.62. The van der Waals surface area contributed by atoms with Gasteiger partial charge < -0.3 is 10.2 Å². The average Bonchev–Trinajstić information content (AvgIpc) is 3.16. The minimum absolute atomic E-state index is 0.169. The molecule has 2 N–H and O–H groups in total. The molecule has 1 aromatic carbocycles. The molecular weight excluding hydrogens is 312 g/mol. The quantitative estimate of drug-likeness (QED) is 0.427. The predicted molar refractivity (Wildman–Crippen MR) is 80.8 cm³/mol. The molecule has 2 aromatic heterocycles. The first kappa shape index (κ1) is 15.2. The van der Waals surface area contributed by atoms with E-state index in [1.165, 1.54) is 46.9 Å². The summed E-state index contributed by atoms with van der Waals surface area (Å²) in [6.07, 6.45) is 0. The normalized spacial score (nSPS) is 9.52. The van der Waals surface area contributed by atoms with Crippen molar-refractivity contribution >= 4 is 22.7 Å². The third kappa shape index (κ3) is 5.74. The average molecular weight is 324 g/mol. The van der Waals surface area contributed by atoms with Gasteiger partial charge in [0.05, 0.1) is 0 Å². The van der Waals surface area contributed by atoms with Gasteiger partial charge in [0.25, 0.3) is 0 Å². The molecule has 0 aliphatic carbocycles. The zero-order chi connectivity index (χ0) is 14.9. The monoisotopic (exact) mass is 324 g/mol. The highest BCUT2D eigenvalue weighted by Crippen LogP contribution is 2.21. The number of rotatable bonds is 4. The van der Waals surface area contributed by atoms with Crippen LogP contribution in [0.25, 0.3) is 0 Å². The lowest BCUT2D eigenvalue weighted by molar-refractivity contribution is -0.408. The van der Waals surface area contributed by atoms with Crippen molar-refractivity contribution in [3.05, 3.63) is 59.3 Å². The van der Waals surface area contributed by atoms with Crippen molar-refractivity contribution in [3.63, 3.8) is 0 Å². The van der Waals surface area contributed by atoms with Crippen molar-refractivity contribution in [1.29, 1.82) is 0 Å². The van der Waals surface area contributed by atoms with E-state index in [0.29, 0.717) is 10.1 Å². The van der Waals surface area contributed by atoms with Gasteiger partial charge in [0, 0.05) is 5.04 Å². The summed E-state index contributed by atoms with van der Waals surface area (Å²) in [5, 5.41) is 26.9. The highest BCUT2D eigenvalue weighted by atomic mass is 32.1. The lowest BCUT2D eigenvalue weighted by Crippen LogP contribution is -1.99. The Hall–Kier alpha value is -2.22. The van der Waals surface area contributed by atoms with Crippen molar-refractivity contribution < 1.29 is 25.0 Å². The van der Waals surface area contributed by atoms with Crippen LogP contribution in [-0.4, -0.2) is 10.2 Å².